The summed E-state index contributed by atoms with van der Waals surface area (Å²) >= 11 is 0. The zero-order chi connectivity index (χ0) is 14.5. The van der Waals surface area contributed by atoms with E-state index in [4.69, 9.17) is 10.5 Å². The minimum Gasteiger partial charge on any atom is -0.484 e. The molecule has 0 aliphatic heterocycles. The molecule has 2 aromatic rings. The van der Waals surface area contributed by atoms with Crippen LogP contribution in [-0.2, 0) is 13.5 Å². The molecule has 108 valence electrons. The topological polar surface area (TPSA) is 53.1 Å². The number of nitrogens with zero attached hydrogens (tertiary/aromatic N) is 2. The highest BCUT2D eigenvalue weighted by atomic mass is 16.5. The quantitative estimate of drug-likeness (QED) is 0.880. The lowest BCUT2D eigenvalue weighted by Gasteiger charge is -2.23. The smallest absolute Gasteiger partial charge is 0.142 e. The predicted octanol–water partition coefficient (Wildman–Crippen LogP) is 2.84. The lowest BCUT2D eigenvalue weighted by atomic mass is 10.0. The Morgan fingerprint density at radius 3 is 2.45 bits per heavy atom. The largest absolute Gasteiger partial charge is 0.484 e. The Balaban J connectivity index is 2.18. The molecule has 0 spiro atoms. The molecule has 2 atom stereocenters. The van der Waals surface area contributed by atoms with Crippen LogP contribution in [0.5, 0.6) is 5.75 Å². The van der Waals surface area contributed by atoms with Crippen molar-refractivity contribution in [3.05, 3.63) is 47.8 Å². The van der Waals surface area contributed by atoms with E-state index < -0.39 is 0 Å². The zero-order valence-electron chi connectivity index (χ0n) is 12.4. The van der Waals surface area contributed by atoms with E-state index in [0.717, 1.165) is 24.2 Å². The van der Waals surface area contributed by atoms with Gasteiger partial charge in [0.1, 0.15) is 11.9 Å². The molecule has 0 amide bonds. The SMILES string of the molecule is CCc1ccc(OC(c2cnn(C)c2)C(N)CC)cc1. The van der Waals surface area contributed by atoms with Gasteiger partial charge in [-0.05, 0) is 30.5 Å². The van der Waals surface area contributed by atoms with Gasteiger partial charge >= 0.3 is 0 Å². The summed E-state index contributed by atoms with van der Waals surface area (Å²) in [5.41, 5.74) is 8.52. The van der Waals surface area contributed by atoms with Gasteiger partial charge in [-0.15, -0.1) is 0 Å². The fraction of sp³-hybridized carbons (Fsp3) is 0.438. The summed E-state index contributed by atoms with van der Waals surface area (Å²) in [5.74, 6) is 0.847. The molecular weight excluding hydrogens is 250 g/mol. The molecule has 1 aromatic heterocycles. The van der Waals surface area contributed by atoms with Gasteiger partial charge < -0.3 is 10.5 Å². The predicted molar refractivity (Wildman–Crippen MR) is 80.7 cm³/mol. The molecule has 20 heavy (non-hydrogen) atoms. The number of hydrogen-bond donors (Lipinski definition) is 1. The van der Waals surface area contributed by atoms with Crippen LogP contribution in [0.1, 0.15) is 37.5 Å². The summed E-state index contributed by atoms with van der Waals surface area (Å²) in [6, 6.07) is 8.14. The van der Waals surface area contributed by atoms with Crippen molar-refractivity contribution in [1.82, 2.24) is 9.78 Å². The van der Waals surface area contributed by atoms with E-state index in [0.29, 0.717) is 0 Å². The van der Waals surface area contributed by atoms with Gasteiger partial charge in [0.25, 0.3) is 0 Å². The van der Waals surface area contributed by atoms with Gasteiger partial charge in [-0.25, -0.2) is 0 Å². The molecule has 0 aliphatic rings. The van der Waals surface area contributed by atoms with Gasteiger partial charge in [0, 0.05) is 24.8 Å². The Morgan fingerprint density at radius 2 is 1.95 bits per heavy atom. The van der Waals surface area contributed by atoms with Crippen LogP contribution in [-0.4, -0.2) is 15.8 Å². The normalized spacial score (nSPS) is 14.0. The van der Waals surface area contributed by atoms with Gasteiger partial charge in [0.2, 0.25) is 0 Å². The Morgan fingerprint density at radius 1 is 1.25 bits per heavy atom. The van der Waals surface area contributed by atoms with Crippen molar-refractivity contribution in [2.24, 2.45) is 12.8 Å². The van der Waals surface area contributed by atoms with Gasteiger partial charge in [-0.3, -0.25) is 4.68 Å². The molecule has 4 nitrogen and oxygen atoms in total. The molecule has 2 unspecified atom stereocenters. The van der Waals surface area contributed by atoms with E-state index in [1.54, 1.807) is 4.68 Å². The van der Waals surface area contributed by atoms with Gasteiger partial charge in [0.05, 0.1) is 6.20 Å². The summed E-state index contributed by atoms with van der Waals surface area (Å²) in [5, 5.41) is 4.20. The number of nitrogens with two attached hydrogens (primary N) is 1. The van der Waals surface area contributed by atoms with Crippen LogP contribution in [0.25, 0.3) is 0 Å². The Kier molecular flexibility index (Phi) is 4.79. The molecule has 2 rings (SSSR count). The number of benzene rings is 1. The number of aryl methyl sites for hydroxylation is 2. The molecule has 2 N–H and O–H groups in total. The number of ether oxygens (including phenoxy) is 1. The van der Waals surface area contributed by atoms with Crippen molar-refractivity contribution >= 4 is 0 Å². The van der Waals surface area contributed by atoms with E-state index in [9.17, 15) is 0 Å². The van der Waals surface area contributed by atoms with Crippen molar-refractivity contribution in [2.45, 2.75) is 38.8 Å². The van der Waals surface area contributed by atoms with Crippen LogP contribution < -0.4 is 10.5 Å². The van der Waals surface area contributed by atoms with Gasteiger partial charge in [0.15, 0.2) is 0 Å². The molecule has 0 saturated carbocycles. The molecule has 0 bridgehead atoms. The highest BCUT2D eigenvalue weighted by molar-refractivity contribution is 5.28. The van der Waals surface area contributed by atoms with Crippen molar-refractivity contribution < 1.29 is 4.74 Å². The van der Waals surface area contributed by atoms with Crippen molar-refractivity contribution in [3.63, 3.8) is 0 Å². The third kappa shape index (κ3) is 3.39. The summed E-state index contributed by atoms with van der Waals surface area (Å²) < 4.78 is 7.86. The van der Waals surface area contributed by atoms with E-state index in [1.807, 2.05) is 31.6 Å². The fourth-order valence-electron chi connectivity index (χ4n) is 2.15. The summed E-state index contributed by atoms with van der Waals surface area (Å²) in [4.78, 5) is 0. The van der Waals surface area contributed by atoms with E-state index in [1.165, 1.54) is 5.56 Å². The first-order valence-electron chi connectivity index (χ1n) is 7.13. The maximum atomic E-state index is 6.20. The number of hydrogen-bond acceptors (Lipinski definition) is 3. The number of rotatable bonds is 6. The average Bonchev–Trinajstić information content (AvgIpc) is 2.91. The highest BCUT2D eigenvalue weighted by Crippen LogP contribution is 2.25. The summed E-state index contributed by atoms with van der Waals surface area (Å²) in [7, 11) is 1.90. The minimum absolute atomic E-state index is 0.0509. The molecule has 1 aromatic carbocycles. The third-order valence-electron chi connectivity index (χ3n) is 3.51. The molecule has 4 heteroatoms. The monoisotopic (exact) mass is 273 g/mol. The molecule has 0 saturated heterocycles. The average molecular weight is 273 g/mol. The second-order valence-corrected chi connectivity index (χ2v) is 5.06. The Labute approximate surface area is 120 Å². The third-order valence-corrected chi connectivity index (χ3v) is 3.51. The molecule has 0 fully saturated rings. The van der Waals surface area contributed by atoms with Crippen LogP contribution in [0.4, 0.5) is 0 Å². The second kappa shape index (κ2) is 6.57. The van der Waals surface area contributed by atoms with Gasteiger partial charge in [-0.1, -0.05) is 26.0 Å². The molecular formula is C16H23N3O. The van der Waals surface area contributed by atoms with Crippen LogP contribution in [0, 0.1) is 0 Å². The number of aromatic nitrogens is 2. The molecule has 0 radical (unpaired) electrons. The summed E-state index contributed by atoms with van der Waals surface area (Å²) in [6.07, 6.45) is 5.50. The van der Waals surface area contributed by atoms with Crippen LogP contribution >= 0.6 is 0 Å². The maximum Gasteiger partial charge on any atom is 0.142 e. The highest BCUT2D eigenvalue weighted by Gasteiger charge is 2.22. The van der Waals surface area contributed by atoms with E-state index in [-0.39, 0.29) is 12.1 Å². The zero-order valence-corrected chi connectivity index (χ0v) is 12.4. The lowest BCUT2D eigenvalue weighted by Crippen LogP contribution is -2.31. The van der Waals surface area contributed by atoms with Crippen molar-refractivity contribution in [3.8, 4) is 5.75 Å². The second-order valence-electron chi connectivity index (χ2n) is 5.06. The van der Waals surface area contributed by atoms with Gasteiger partial charge in [-0.2, -0.15) is 5.10 Å². The Bertz CT molecular complexity index is 533. The molecule has 1 heterocycles. The first-order chi connectivity index (χ1) is 9.63. The van der Waals surface area contributed by atoms with Crippen molar-refractivity contribution in [2.75, 3.05) is 0 Å². The van der Waals surface area contributed by atoms with Crippen LogP contribution in [0.3, 0.4) is 0 Å². The summed E-state index contributed by atoms with van der Waals surface area (Å²) in [6.45, 7) is 4.21. The lowest BCUT2D eigenvalue weighted by molar-refractivity contribution is 0.171. The Hall–Kier alpha value is -1.81. The van der Waals surface area contributed by atoms with Crippen LogP contribution in [0.2, 0.25) is 0 Å². The maximum absolute atomic E-state index is 6.20. The van der Waals surface area contributed by atoms with Crippen LogP contribution in [0.15, 0.2) is 36.7 Å². The van der Waals surface area contributed by atoms with E-state index >= 15 is 0 Å². The standard InChI is InChI=1S/C16H23N3O/c1-4-12-6-8-14(9-7-12)20-16(15(17)5-2)13-10-18-19(3)11-13/h6-11,15-16H,4-5,17H2,1-3H3. The van der Waals surface area contributed by atoms with Crippen molar-refractivity contribution in [1.29, 1.82) is 0 Å². The first kappa shape index (κ1) is 14.6. The van der Waals surface area contributed by atoms with E-state index in [2.05, 4.69) is 31.1 Å². The fourth-order valence-corrected chi connectivity index (χ4v) is 2.15. The molecule has 0 aliphatic carbocycles. The minimum atomic E-state index is -0.166. The first-order valence-corrected chi connectivity index (χ1v) is 7.13.